The van der Waals surface area contributed by atoms with Gasteiger partial charge in [-0.1, -0.05) is 0 Å². The van der Waals surface area contributed by atoms with Gasteiger partial charge in [-0.25, -0.2) is 9.78 Å². The van der Waals surface area contributed by atoms with E-state index in [-0.39, 0.29) is 12.1 Å². The number of likely N-dealkylation sites (tertiary alicyclic amines) is 1. The van der Waals surface area contributed by atoms with E-state index >= 15 is 0 Å². The first-order chi connectivity index (χ1) is 13.3. The van der Waals surface area contributed by atoms with Gasteiger partial charge in [0.15, 0.2) is 0 Å². The SMILES string of the molecule is O=C(NCCc1csc(-c2cnccn2)n1)N1CCC[C@@H]1Cn1cccn1. The largest absolute Gasteiger partial charge is 0.338 e. The first kappa shape index (κ1) is 17.6. The highest BCUT2D eigenvalue weighted by Gasteiger charge is 2.28. The van der Waals surface area contributed by atoms with E-state index in [1.54, 1.807) is 36.1 Å². The summed E-state index contributed by atoms with van der Waals surface area (Å²) in [7, 11) is 0. The fourth-order valence-electron chi connectivity index (χ4n) is 3.27. The zero-order chi connectivity index (χ0) is 18.5. The van der Waals surface area contributed by atoms with Crippen molar-refractivity contribution in [1.82, 2.24) is 34.9 Å². The number of hydrogen-bond acceptors (Lipinski definition) is 6. The smallest absolute Gasteiger partial charge is 0.317 e. The molecule has 1 atom stereocenters. The van der Waals surface area contributed by atoms with E-state index in [0.717, 1.165) is 42.3 Å². The molecule has 3 aromatic rings. The van der Waals surface area contributed by atoms with Crippen molar-refractivity contribution in [1.29, 1.82) is 0 Å². The number of aromatic nitrogens is 5. The van der Waals surface area contributed by atoms with E-state index in [9.17, 15) is 4.79 Å². The molecule has 0 bridgehead atoms. The van der Waals surface area contributed by atoms with Gasteiger partial charge in [-0.15, -0.1) is 11.3 Å². The van der Waals surface area contributed by atoms with Gasteiger partial charge in [0.25, 0.3) is 0 Å². The molecule has 1 fully saturated rings. The number of hydrogen-bond donors (Lipinski definition) is 1. The van der Waals surface area contributed by atoms with Crippen molar-refractivity contribution in [2.24, 2.45) is 0 Å². The molecule has 140 valence electrons. The molecule has 1 N–H and O–H groups in total. The molecule has 0 unspecified atom stereocenters. The standard InChI is InChI=1S/C18H21N7OS/c26-18(25-10-1-3-15(25)12-24-9-2-5-22-24)21-6-4-14-13-27-17(23-14)16-11-19-7-8-20-16/h2,5,7-9,11,13,15H,1,3-4,6,10,12H2,(H,21,26)/t15-/m1/s1. The molecule has 1 aliphatic rings. The maximum Gasteiger partial charge on any atom is 0.317 e. The summed E-state index contributed by atoms with van der Waals surface area (Å²) in [5.41, 5.74) is 1.73. The number of carbonyl (C=O) groups excluding carboxylic acids is 1. The van der Waals surface area contributed by atoms with Crippen LogP contribution in [0.5, 0.6) is 0 Å². The fourth-order valence-corrected chi connectivity index (χ4v) is 4.08. The minimum atomic E-state index is -0.00552. The highest BCUT2D eigenvalue weighted by Crippen LogP contribution is 2.21. The van der Waals surface area contributed by atoms with Crippen LogP contribution in [0.4, 0.5) is 4.79 Å². The average Bonchev–Trinajstić information content (AvgIpc) is 3.45. The van der Waals surface area contributed by atoms with Crippen LogP contribution >= 0.6 is 11.3 Å². The fraction of sp³-hybridized carbons (Fsp3) is 0.389. The van der Waals surface area contributed by atoms with Crippen molar-refractivity contribution < 1.29 is 4.79 Å². The lowest BCUT2D eigenvalue weighted by molar-refractivity contribution is 0.186. The quantitative estimate of drug-likeness (QED) is 0.705. The lowest BCUT2D eigenvalue weighted by Gasteiger charge is -2.25. The monoisotopic (exact) mass is 383 g/mol. The van der Waals surface area contributed by atoms with Crippen molar-refractivity contribution in [2.45, 2.75) is 31.8 Å². The van der Waals surface area contributed by atoms with Gasteiger partial charge in [-0.2, -0.15) is 5.10 Å². The molecule has 1 aliphatic heterocycles. The second kappa shape index (κ2) is 8.26. The molecule has 0 aromatic carbocycles. The van der Waals surface area contributed by atoms with E-state index < -0.39 is 0 Å². The lowest BCUT2D eigenvalue weighted by Crippen LogP contribution is -2.44. The van der Waals surface area contributed by atoms with Crippen LogP contribution in [-0.2, 0) is 13.0 Å². The van der Waals surface area contributed by atoms with Gasteiger partial charge in [-0.3, -0.25) is 14.6 Å². The Balaban J connectivity index is 1.27. The van der Waals surface area contributed by atoms with Crippen molar-refractivity contribution >= 4 is 17.4 Å². The van der Waals surface area contributed by atoms with Gasteiger partial charge in [0.1, 0.15) is 10.7 Å². The minimum Gasteiger partial charge on any atom is -0.338 e. The van der Waals surface area contributed by atoms with E-state index in [2.05, 4.69) is 25.4 Å². The molecule has 8 nitrogen and oxygen atoms in total. The van der Waals surface area contributed by atoms with E-state index in [1.165, 1.54) is 0 Å². The highest BCUT2D eigenvalue weighted by atomic mass is 32.1. The zero-order valence-corrected chi connectivity index (χ0v) is 15.7. The molecule has 0 spiro atoms. The summed E-state index contributed by atoms with van der Waals surface area (Å²) in [5, 5.41) is 10.1. The van der Waals surface area contributed by atoms with Crippen LogP contribution in [0.2, 0.25) is 0 Å². The highest BCUT2D eigenvalue weighted by molar-refractivity contribution is 7.13. The number of rotatable bonds is 6. The molecular weight excluding hydrogens is 362 g/mol. The van der Waals surface area contributed by atoms with E-state index in [1.807, 2.05) is 27.2 Å². The first-order valence-corrected chi connectivity index (χ1v) is 9.90. The summed E-state index contributed by atoms with van der Waals surface area (Å²) < 4.78 is 1.89. The van der Waals surface area contributed by atoms with Crippen molar-refractivity contribution in [3.8, 4) is 10.7 Å². The van der Waals surface area contributed by atoms with Crippen LogP contribution in [0.15, 0.2) is 42.4 Å². The van der Waals surface area contributed by atoms with E-state index in [4.69, 9.17) is 0 Å². The predicted octanol–water partition coefficient (Wildman–Crippen LogP) is 2.21. The van der Waals surface area contributed by atoms with Gasteiger partial charge in [-0.05, 0) is 18.9 Å². The Morgan fingerprint density at radius 1 is 1.33 bits per heavy atom. The minimum absolute atomic E-state index is 0.00552. The topological polar surface area (TPSA) is 88.8 Å². The van der Waals surface area contributed by atoms with Crippen LogP contribution in [0.3, 0.4) is 0 Å². The summed E-state index contributed by atoms with van der Waals surface area (Å²) in [6, 6.07) is 2.10. The molecule has 4 heterocycles. The number of thiazole rings is 1. The molecule has 0 aliphatic carbocycles. The molecule has 27 heavy (non-hydrogen) atoms. The van der Waals surface area contributed by atoms with Gasteiger partial charge in [0.2, 0.25) is 0 Å². The zero-order valence-electron chi connectivity index (χ0n) is 14.9. The maximum atomic E-state index is 12.6. The Bertz CT molecular complexity index is 865. The molecule has 2 amide bonds. The number of carbonyl (C=O) groups is 1. The van der Waals surface area contributed by atoms with Crippen LogP contribution < -0.4 is 5.32 Å². The third-order valence-electron chi connectivity index (χ3n) is 4.59. The summed E-state index contributed by atoms with van der Waals surface area (Å²) in [6.45, 7) is 2.10. The second-order valence-electron chi connectivity index (χ2n) is 6.43. The van der Waals surface area contributed by atoms with Crippen LogP contribution in [0.1, 0.15) is 18.5 Å². The average molecular weight is 383 g/mol. The summed E-state index contributed by atoms with van der Waals surface area (Å²) in [4.78, 5) is 27.4. The molecule has 9 heteroatoms. The third-order valence-corrected chi connectivity index (χ3v) is 5.50. The Hall–Kier alpha value is -2.81. The molecule has 3 aromatic heterocycles. The third kappa shape index (κ3) is 4.30. The molecular formula is C18H21N7OS. The number of nitrogens with zero attached hydrogens (tertiary/aromatic N) is 6. The second-order valence-corrected chi connectivity index (χ2v) is 7.29. The van der Waals surface area contributed by atoms with Gasteiger partial charge >= 0.3 is 6.03 Å². The molecule has 0 saturated carbocycles. The summed E-state index contributed by atoms with van der Waals surface area (Å²) >= 11 is 1.54. The Morgan fingerprint density at radius 3 is 3.11 bits per heavy atom. The van der Waals surface area contributed by atoms with Crippen LogP contribution in [0, 0.1) is 0 Å². The van der Waals surface area contributed by atoms with Crippen molar-refractivity contribution in [3.05, 3.63) is 48.1 Å². The number of urea groups is 1. The summed E-state index contributed by atoms with van der Waals surface area (Å²) in [5.74, 6) is 0. The normalized spacial score (nSPS) is 16.6. The van der Waals surface area contributed by atoms with Crippen LogP contribution in [-0.4, -0.2) is 54.8 Å². The Kier molecular flexibility index (Phi) is 5.38. The Labute approximate surface area is 161 Å². The maximum absolute atomic E-state index is 12.6. The number of amides is 2. The van der Waals surface area contributed by atoms with Gasteiger partial charge < -0.3 is 10.2 Å². The first-order valence-electron chi connectivity index (χ1n) is 9.02. The van der Waals surface area contributed by atoms with E-state index in [0.29, 0.717) is 13.0 Å². The van der Waals surface area contributed by atoms with Gasteiger partial charge in [0.05, 0.1) is 24.5 Å². The lowest BCUT2D eigenvalue weighted by atomic mass is 10.2. The molecule has 4 rings (SSSR count). The summed E-state index contributed by atoms with van der Waals surface area (Å²) in [6.07, 6.45) is 11.5. The van der Waals surface area contributed by atoms with Crippen LogP contribution in [0.25, 0.3) is 10.7 Å². The molecule has 0 radical (unpaired) electrons. The van der Waals surface area contributed by atoms with Gasteiger partial charge in [0, 0.05) is 49.7 Å². The van der Waals surface area contributed by atoms with Crippen molar-refractivity contribution in [2.75, 3.05) is 13.1 Å². The molecule has 1 saturated heterocycles. The Morgan fingerprint density at radius 2 is 2.30 bits per heavy atom. The van der Waals surface area contributed by atoms with Crippen molar-refractivity contribution in [3.63, 3.8) is 0 Å². The predicted molar refractivity (Wildman–Crippen MR) is 102 cm³/mol. The number of nitrogens with one attached hydrogen (secondary N) is 1.